The topological polar surface area (TPSA) is 59.9 Å². The Balaban J connectivity index is 1.70. The third-order valence-electron chi connectivity index (χ3n) is 4.60. The van der Waals surface area contributed by atoms with Gasteiger partial charge in [-0.3, -0.25) is 9.79 Å². The summed E-state index contributed by atoms with van der Waals surface area (Å²) in [5.41, 5.74) is 2.04. The Bertz CT molecular complexity index is 729. The predicted molar refractivity (Wildman–Crippen MR) is 115 cm³/mol. The minimum absolute atomic E-state index is 0.0202. The van der Waals surface area contributed by atoms with Crippen molar-refractivity contribution in [2.75, 3.05) is 6.54 Å². The average Bonchev–Trinajstić information content (AvgIpc) is 2.87. The van der Waals surface area contributed by atoms with Gasteiger partial charge in [0.15, 0.2) is 0 Å². The van der Waals surface area contributed by atoms with Crippen molar-refractivity contribution in [3.63, 3.8) is 0 Å². The van der Waals surface area contributed by atoms with Gasteiger partial charge in [-0.1, -0.05) is 37.8 Å². The second-order valence-electron chi connectivity index (χ2n) is 9.30. The maximum atomic E-state index is 11.9. The van der Waals surface area contributed by atoms with Crippen LogP contribution >= 0.6 is 11.8 Å². The Hall–Kier alpha value is -1.53. The highest BCUT2D eigenvalue weighted by molar-refractivity contribution is 8.04. The van der Waals surface area contributed by atoms with Gasteiger partial charge in [-0.25, -0.2) is 0 Å². The van der Waals surface area contributed by atoms with E-state index in [1.165, 1.54) is 10.6 Å². The molecule has 0 spiro atoms. The minimum Gasteiger partial charge on any atom is -0.460 e. The van der Waals surface area contributed by atoms with Crippen molar-refractivity contribution in [1.29, 1.82) is 0 Å². The summed E-state index contributed by atoms with van der Waals surface area (Å²) in [6.07, 6.45) is 11.1. The number of thioether (sulfide) groups is 1. The molecule has 0 fully saturated rings. The number of esters is 1. The molecule has 2 aliphatic heterocycles. The third kappa shape index (κ3) is 5.98. The number of hydrogen-bond donors (Lipinski definition) is 1. The van der Waals surface area contributed by atoms with Crippen molar-refractivity contribution in [3.8, 4) is 0 Å². The van der Waals surface area contributed by atoms with Gasteiger partial charge in [-0.15, -0.1) is 0 Å². The summed E-state index contributed by atoms with van der Waals surface area (Å²) >= 11 is 1.73. The molecular weight excluding hydrogens is 372 g/mol. The number of ether oxygens (including phenoxy) is 2. The summed E-state index contributed by atoms with van der Waals surface area (Å²) < 4.78 is 11.5. The summed E-state index contributed by atoms with van der Waals surface area (Å²) in [6.45, 7) is 10.9. The molecule has 0 aromatic heterocycles. The second-order valence-corrected chi connectivity index (χ2v) is 10.4. The van der Waals surface area contributed by atoms with E-state index in [0.717, 1.165) is 18.6 Å². The monoisotopic (exact) mass is 404 g/mol. The molecule has 0 amide bonds. The van der Waals surface area contributed by atoms with E-state index in [2.05, 4.69) is 25.2 Å². The van der Waals surface area contributed by atoms with Crippen LogP contribution in [0, 0.1) is 5.41 Å². The Morgan fingerprint density at radius 1 is 1.32 bits per heavy atom. The van der Waals surface area contributed by atoms with E-state index in [4.69, 9.17) is 14.5 Å². The molecule has 3 rings (SSSR count). The first kappa shape index (κ1) is 21.2. The smallest absolute Gasteiger partial charge is 0.306 e. The molecule has 5 nitrogen and oxygen atoms in total. The fraction of sp³-hybridized carbons (Fsp3) is 0.636. The summed E-state index contributed by atoms with van der Waals surface area (Å²) in [5.74, 6) is -0.155. The molecule has 2 bridgehead atoms. The molecule has 154 valence electrons. The first-order valence-electron chi connectivity index (χ1n) is 10.0. The van der Waals surface area contributed by atoms with Crippen LogP contribution in [0.1, 0.15) is 60.3 Å². The molecule has 0 saturated carbocycles. The highest BCUT2D eigenvalue weighted by Crippen LogP contribution is 2.43. The van der Waals surface area contributed by atoms with E-state index in [1.54, 1.807) is 11.8 Å². The van der Waals surface area contributed by atoms with Crippen LogP contribution in [0.5, 0.6) is 0 Å². The van der Waals surface area contributed by atoms with Gasteiger partial charge in [-0.05, 0) is 57.6 Å². The maximum absolute atomic E-state index is 11.9. The van der Waals surface area contributed by atoms with Crippen molar-refractivity contribution < 1.29 is 14.3 Å². The van der Waals surface area contributed by atoms with Crippen LogP contribution in [0.2, 0.25) is 0 Å². The van der Waals surface area contributed by atoms with E-state index in [-0.39, 0.29) is 23.0 Å². The lowest BCUT2D eigenvalue weighted by Crippen LogP contribution is -2.34. The molecule has 6 heteroatoms. The quantitative estimate of drug-likeness (QED) is 0.543. The number of nitrogens with zero attached hydrogens (tertiary/aromatic N) is 1. The number of hydrogen-bond acceptors (Lipinski definition) is 6. The van der Waals surface area contributed by atoms with Gasteiger partial charge >= 0.3 is 5.97 Å². The van der Waals surface area contributed by atoms with Gasteiger partial charge in [0.05, 0.1) is 10.6 Å². The molecular formula is C22H32N2O3S. The van der Waals surface area contributed by atoms with Crippen molar-refractivity contribution in [3.05, 3.63) is 34.9 Å². The highest BCUT2D eigenvalue weighted by atomic mass is 32.2. The average molecular weight is 405 g/mol. The maximum Gasteiger partial charge on any atom is 0.306 e. The SMILES string of the molecule is CC1(C)CC(=NCCCC(=O)OC(C)(C)C)C2=C(C1)NC1C=CC=CC(O1)S2. The summed E-state index contributed by atoms with van der Waals surface area (Å²) in [6, 6.07) is 0. The van der Waals surface area contributed by atoms with E-state index in [1.807, 2.05) is 39.0 Å². The molecule has 2 atom stereocenters. The summed E-state index contributed by atoms with van der Waals surface area (Å²) in [5, 5.41) is 3.56. The van der Waals surface area contributed by atoms with Gasteiger partial charge in [0.25, 0.3) is 0 Å². The Kier molecular flexibility index (Phi) is 6.40. The largest absolute Gasteiger partial charge is 0.460 e. The number of carbonyl (C=O) groups is 1. The predicted octanol–water partition coefficient (Wildman–Crippen LogP) is 4.71. The van der Waals surface area contributed by atoms with Crippen LogP contribution in [0.4, 0.5) is 0 Å². The van der Waals surface area contributed by atoms with Gasteiger partial charge in [0.1, 0.15) is 17.3 Å². The molecule has 3 aliphatic rings. The molecule has 0 aromatic carbocycles. The van der Waals surface area contributed by atoms with Crippen LogP contribution in [-0.2, 0) is 14.3 Å². The van der Waals surface area contributed by atoms with Gasteiger partial charge in [-0.2, -0.15) is 0 Å². The van der Waals surface area contributed by atoms with E-state index in [0.29, 0.717) is 19.4 Å². The molecule has 1 N–H and O–H groups in total. The molecule has 2 unspecified atom stereocenters. The number of carbonyl (C=O) groups excluding carboxylic acids is 1. The zero-order valence-electron chi connectivity index (χ0n) is 17.6. The van der Waals surface area contributed by atoms with Crippen molar-refractivity contribution >= 4 is 23.4 Å². The van der Waals surface area contributed by atoms with Crippen LogP contribution in [0.15, 0.2) is 39.9 Å². The fourth-order valence-electron chi connectivity index (χ4n) is 3.53. The van der Waals surface area contributed by atoms with Crippen LogP contribution in [0.25, 0.3) is 0 Å². The Morgan fingerprint density at radius 2 is 2.07 bits per heavy atom. The van der Waals surface area contributed by atoms with E-state index in [9.17, 15) is 4.79 Å². The molecule has 1 aliphatic carbocycles. The van der Waals surface area contributed by atoms with Gasteiger partial charge < -0.3 is 14.8 Å². The van der Waals surface area contributed by atoms with Crippen molar-refractivity contribution in [2.24, 2.45) is 10.4 Å². The van der Waals surface area contributed by atoms with Gasteiger partial charge in [0.2, 0.25) is 0 Å². The normalized spacial score (nSPS) is 27.7. The second kappa shape index (κ2) is 8.46. The minimum atomic E-state index is -0.433. The number of allylic oxidation sites excluding steroid dienone is 4. The lowest BCUT2D eigenvalue weighted by Gasteiger charge is -2.34. The molecule has 0 radical (unpaired) electrons. The molecule has 0 saturated heterocycles. The number of nitrogens with one attached hydrogen (secondary N) is 1. The van der Waals surface area contributed by atoms with Crippen molar-refractivity contribution in [1.82, 2.24) is 5.32 Å². The Morgan fingerprint density at radius 3 is 2.82 bits per heavy atom. The highest BCUT2D eigenvalue weighted by Gasteiger charge is 2.36. The molecule has 2 heterocycles. The van der Waals surface area contributed by atoms with Crippen molar-refractivity contribution in [2.45, 2.75) is 77.6 Å². The van der Waals surface area contributed by atoms with Crippen LogP contribution in [-0.4, -0.2) is 35.5 Å². The fourth-order valence-corrected chi connectivity index (χ4v) is 4.66. The van der Waals surface area contributed by atoms with E-state index >= 15 is 0 Å². The number of aliphatic imine (C=N–C) groups is 1. The first-order chi connectivity index (χ1) is 13.1. The van der Waals surface area contributed by atoms with E-state index < -0.39 is 5.60 Å². The summed E-state index contributed by atoms with van der Waals surface area (Å²) in [4.78, 5) is 18.0. The number of fused-ring (bicyclic) bond motifs is 2. The van der Waals surface area contributed by atoms with Crippen LogP contribution in [0.3, 0.4) is 0 Å². The van der Waals surface area contributed by atoms with Gasteiger partial charge in [0, 0.05) is 18.7 Å². The standard InChI is InChI=1S/C22H32N2O3S/c1-21(2,3)27-18(25)10-8-12-23-15-13-22(4,5)14-16-20(15)28-19-11-7-6-9-17(24-16)26-19/h6-7,9,11,17,19,24H,8,10,12-14H2,1-5H3. The number of rotatable bonds is 4. The molecule has 0 aromatic rings. The third-order valence-corrected chi connectivity index (χ3v) is 5.81. The zero-order chi connectivity index (χ0) is 20.4. The summed E-state index contributed by atoms with van der Waals surface area (Å²) in [7, 11) is 0. The molecule has 28 heavy (non-hydrogen) atoms. The lowest BCUT2D eigenvalue weighted by molar-refractivity contribution is -0.154. The lowest BCUT2D eigenvalue weighted by atomic mass is 9.78. The van der Waals surface area contributed by atoms with Crippen LogP contribution < -0.4 is 5.32 Å². The zero-order valence-corrected chi connectivity index (χ0v) is 18.4. The first-order valence-corrected chi connectivity index (χ1v) is 10.9. The Labute approximate surface area is 172 Å².